The zero-order valence-electron chi connectivity index (χ0n) is 13.9. The van der Waals surface area contributed by atoms with Crippen LogP contribution in [0.25, 0.3) is 20.1 Å². The van der Waals surface area contributed by atoms with Gasteiger partial charge in [0.1, 0.15) is 10.5 Å². The van der Waals surface area contributed by atoms with Crippen molar-refractivity contribution < 1.29 is 9.59 Å². The number of fused-ring (bicyclic) bond motifs is 1. The van der Waals surface area contributed by atoms with Gasteiger partial charge in [-0.15, -0.1) is 22.7 Å². The maximum absolute atomic E-state index is 12.9. The first-order chi connectivity index (χ1) is 12.0. The quantitative estimate of drug-likeness (QED) is 0.751. The molecule has 2 amide bonds. The van der Waals surface area contributed by atoms with E-state index in [4.69, 9.17) is 0 Å². The summed E-state index contributed by atoms with van der Waals surface area (Å²) in [4.78, 5) is 32.9. The molecule has 7 heteroatoms. The maximum Gasteiger partial charge on any atom is 0.264 e. The molecule has 0 saturated carbocycles. The highest BCUT2D eigenvalue weighted by atomic mass is 32.1. The van der Waals surface area contributed by atoms with Crippen LogP contribution in [0.2, 0.25) is 0 Å². The lowest BCUT2D eigenvalue weighted by Crippen LogP contribution is -2.63. The van der Waals surface area contributed by atoms with E-state index >= 15 is 0 Å². The molecule has 0 atom stereocenters. The number of amides is 2. The predicted molar refractivity (Wildman–Crippen MR) is 101 cm³/mol. The summed E-state index contributed by atoms with van der Waals surface area (Å²) in [7, 11) is 0. The highest BCUT2D eigenvalue weighted by Crippen LogP contribution is 2.35. The summed E-state index contributed by atoms with van der Waals surface area (Å²) in [5, 5.41) is 3.73. The minimum atomic E-state index is -0.838. The summed E-state index contributed by atoms with van der Waals surface area (Å²) < 4.78 is 1.13. The normalized spacial score (nSPS) is 16.9. The molecule has 1 aliphatic rings. The van der Waals surface area contributed by atoms with Crippen molar-refractivity contribution in [3.05, 3.63) is 41.3 Å². The minimum Gasteiger partial charge on any atom is -0.352 e. The van der Waals surface area contributed by atoms with E-state index < -0.39 is 5.54 Å². The molecule has 0 unspecified atom stereocenters. The lowest BCUT2D eigenvalue weighted by molar-refractivity contribution is -0.133. The second-order valence-corrected chi connectivity index (χ2v) is 8.54. The average molecular weight is 371 g/mol. The molecule has 0 aliphatic carbocycles. The van der Waals surface area contributed by atoms with E-state index in [2.05, 4.69) is 10.3 Å². The second kappa shape index (κ2) is 5.93. The molecule has 0 spiro atoms. The van der Waals surface area contributed by atoms with Crippen molar-refractivity contribution in [3.63, 3.8) is 0 Å². The summed E-state index contributed by atoms with van der Waals surface area (Å²) in [5.74, 6) is -0.215. The molecule has 3 aromatic rings. The van der Waals surface area contributed by atoms with E-state index in [0.29, 0.717) is 18.0 Å². The highest BCUT2D eigenvalue weighted by molar-refractivity contribution is 7.26. The summed E-state index contributed by atoms with van der Waals surface area (Å²) in [5.41, 5.74) is 0.132. The molecule has 4 rings (SSSR count). The molecule has 128 valence electrons. The first-order valence-electron chi connectivity index (χ1n) is 8.03. The zero-order chi connectivity index (χ0) is 17.6. The number of benzene rings is 1. The Labute approximate surface area is 153 Å². The van der Waals surface area contributed by atoms with Gasteiger partial charge >= 0.3 is 0 Å². The van der Waals surface area contributed by atoms with E-state index in [1.807, 2.05) is 36.4 Å². The van der Waals surface area contributed by atoms with Crippen molar-refractivity contribution in [2.24, 2.45) is 0 Å². The van der Waals surface area contributed by atoms with Crippen LogP contribution in [0.5, 0.6) is 0 Å². The van der Waals surface area contributed by atoms with E-state index in [1.165, 1.54) is 11.3 Å². The molecule has 5 nitrogen and oxygen atoms in total. The number of thiazole rings is 1. The van der Waals surface area contributed by atoms with Gasteiger partial charge in [0.2, 0.25) is 5.91 Å². The lowest BCUT2D eigenvalue weighted by atomic mass is 9.98. The number of para-hydroxylation sites is 1. The molecule has 1 N–H and O–H groups in total. The summed E-state index contributed by atoms with van der Waals surface area (Å²) >= 11 is 3.05. The van der Waals surface area contributed by atoms with Crippen molar-refractivity contribution in [3.8, 4) is 9.88 Å². The van der Waals surface area contributed by atoms with E-state index in [0.717, 1.165) is 20.1 Å². The second-order valence-electron chi connectivity index (χ2n) is 6.42. The van der Waals surface area contributed by atoms with Gasteiger partial charge in [0.05, 0.1) is 20.0 Å². The van der Waals surface area contributed by atoms with Gasteiger partial charge in [-0.05, 0) is 38.1 Å². The molecular weight excluding hydrogens is 354 g/mol. The Balaban J connectivity index is 1.64. The number of nitrogens with one attached hydrogen (secondary N) is 1. The van der Waals surface area contributed by atoms with E-state index in [1.54, 1.807) is 30.1 Å². The highest BCUT2D eigenvalue weighted by Gasteiger charge is 2.41. The standard InChI is InChI=1S/C18H17N3O2S2/c1-18(2)17(23)19-9-10-21(18)16(22)14-8-7-13(24-14)15-20-11-5-3-4-6-12(11)25-15/h3-8H,9-10H2,1-2H3,(H,19,23). The molecule has 1 saturated heterocycles. The number of hydrogen-bond donors (Lipinski definition) is 1. The van der Waals surface area contributed by atoms with Crippen LogP contribution in [-0.2, 0) is 4.79 Å². The van der Waals surface area contributed by atoms with Gasteiger partial charge in [-0.2, -0.15) is 0 Å². The van der Waals surface area contributed by atoms with Crippen LogP contribution in [0.3, 0.4) is 0 Å². The predicted octanol–water partition coefficient (Wildman–Crippen LogP) is 3.38. The fraction of sp³-hybridized carbons (Fsp3) is 0.278. The van der Waals surface area contributed by atoms with Crippen LogP contribution in [0.4, 0.5) is 0 Å². The monoisotopic (exact) mass is 371 g/mol. The number of aromatic nitrogens is 1. The van der Waals surface area contributed by atoms with E-state index in [-0.39, 0.29) is 11.8 Å². The van der Waals surface area contributed by atoms with Crippen molar-refractivity contribution >= 4 is 44.7 Å². The minimum absolute atomic E-state index is 0.0998. The van der Waals surface area contributed by atoms with Crippen LogP contribution in [0.15, 0.2) is 36.4 Å². The lowest BCUT2D eigenvalue weighted by Gasteiger charge is -2.40. The molecule has 0 radical (unpaired) electrons. The van der Waals surface area contributed by atoms with Gasteiger partial charge in [0.15, 0.2) is 0 Å². The Morgan fingerprint density at radius 1 is 1.20 bits per heavy atom. The number of piperazine rings is 1. The molecule has 25 heavy (non-hydrogen) atoms. The number of hydrogen-bond acceptors (Lipinski definition) is 5. The van der Waals surface area contributed by atoms with Crippen LogP contribution in [0, 0.1) is 0 Å². The van der Waals surface area contributed by atoms with Crippen molar-refractivity contribution in [2.75, 3.05) is 13.1 Å². The van der Waals surface area contributed by atoms with Gasteiger partial charge in [0.25, 0.3) is 5.91 Å². The fourth-order valence-electron chi connectivity index (χ4n) is 2.93. The number of thiophene rings is 1. The van der Waals surface area contributed by atoms with Crippen molar-refractivity contribution in [2.45, 2.75) is 19.4 Å². The Hall–Kier alpha value is -2.25. The van der Waals surface area contributed by atoms with E-state index in [9.17, 15) is 9.59 Å². The van der Waals surface area contributed by atoms with Gasteiger partial charge in [-0.25, -0.2) is 4.98 Å². The topological polar surface area (TPSA) is 62.3 Å². The summed E-state index contributed by atoms with van der Waals surface area (Å²) in [6, 6.07) is 11.8. The van der Waals surface area contributed by atoms with Gasteiger partial charge in [-0.3, -0.25) is 9.59 Å². The van der Waals surface area contributed by atoms with Gasteiger partial charge in [0, 0.05) is 13.1 Å². The van der Waals surface area contributed by atoms with Crippen LogP contribution < -0.4 is 5.32 Å². The molecule has 3 heterocycles. The smallest absolute Gasteiger partial charge is 0.264 e. The first kappa shape index (κ1) is 16.2. The van der Waals surface area contributed by atoms with Gasteiger partial charge in [-0.1, -0.05) is 12.1 Å². The number of rotatable bonds is 2. The first-order valence-corrected chi connectivity index (χ1v) is 9.66. The maximum atomic E-state index is 12.9. The van der Waals surface area contributed by atoms with Crippen LogP contribution >= 0.6 is 22.7 Å². The average Bonchev–Trinajstić information content (AvgIpc) is 3.22. The molecular formula is C18H17N3O2S2. The Morgan fingerprint density at radius 3 is 2.80 bits per heavy atom. The third-order valence-corrected chi connectivity index (χ3v) is 6.70. The SMILES string of the molecule is CC1(C)C(=O)NCCN1C(=O)c1ccc(-c2nc3ccccc3s2)s1. The number of carbonyl (C=O) groups excluding carboxylic acids is 2. The Bertz CT molecular complexity index is 941. The fourth-order valence-corrected chi connectivity index (χ4v) is 4.91. The number of carbonyl (C=O) groups is 2. The molecule has 1 fully saturated rings. The third-order valence-electron chi connectivity index (χ3n) is 4.42. The van der Waals surface area contributed by atoms with Crippen LogP contribution in [0.1, 0.15) is 23.5 Å². The molecule has 1 aliphatic heterocycles. The zero-order valence-corrected chi connectivity index (χ0v) is 15.5. The molecule has 1 aromatic carbocycles. The summed E-state index contributed by atoms with van der Waals surface area (Å²) in [6.45, 7) is 4.57. The third kappa shape index (κ3) is 2.73. The Morgan fingerprint density at radius 2 is 2.00 bits per heavy atom. The number of nitrogens with zero attached hydrogens (tertiary/aromatic N) is 2. The van der Waals surface area contributed by atoms with Crippen molar-refractivity contribution in [1.82, 2.24) is 15.2 Å². The molecule has 0 bridgehead atoms. The summed E-state index contributed by atoms with van der Waals surface area (Å²) in [6.07, 6.45) is 0. The molecule has 2 aromatic heterocycles. The van der Waals surface area contributed by atoms with Crippen molar-refractivity contribution in [1.29, 1.82) is 0 Å². The largest absolute Gasteiger partial charge is 0.352 e. The Kier molecular flexibility index (Phi) is 3.85. The van der Waals surface area contributed by atoms with Gasteiger partial charge < -0.3 is 10.2 Å². The van der Waals surface area contributed by atoms with Crippen LogP contribution in [-0.4, -0.2) is 40.3 Å².